The van der Waals surface area contributed by atoms with E-state index in [-0.39, 0.29) is 11.6 Å². The fraction of sp³-hybridized carbons (Fsp3) is 0.444. The summed E-state index contributed by atoms with van der Waals surface area (Å²) in [4.78, 5) is 33.7. The second-order valence-corrected chi connectivity index (χ2v) is 3.63. The molecular formula is C9H10N2O4. The Hall–Kier alpha value is -1.85. The maximum absolute atomic E-state index is 11.6. The Labute approximate surface area is 84.4 Å². The van der Waals surface area contributed by atoms with E-state index < -0.39 is 17.2 Å². The smallest absolute Gasteiger partial charge is 0.342 e. The normalized spacial score (nSPS) is 15.3. The van der Waals surface area contributed by atoms with Crippen LogP contribution in [0.1, 0.15) is 29.2 Å². The Kier molecular flexibility index (Phi) is 1.99. The molecule has 6 nitrogen and oxygen atoms in total. The number of aromatic nitrogens is 2. The number of carboxylic acid groups (broad SMARTS) is 1. The predicted molar refractivity (Wildman–Crippen MR) is 51.2 cm³/mol. The van der Waals surface area contributed by atoms with Gasteiger partial charge in [-0.05, 0) is 12.8 Å². The molecule has 80 valence electrons. The zero-order chi connectivity index (χ0) is 11.2. The van der Waals surface area contributed by atoms with E-state index in [0.29, 0.717) is 0 Å². The van der Waals surface area contributed by atoms with E-state index in [1.807, 2.05) is 0 Å². The highest BCUT2D eigenvalue weighted by molar-refractivity contribution is 5.86. The molecule has 0 amide bonds. The van der Waals surface area contributed by atoms with Gasteiger partial charge in [-0.25, -0.2) is 9.59 Å². The standard InChI is InChI=1S/C9H10N2O4/c1-10-7(12)6(8(13)14)4-11(9(10)15)5-2-3-5/h4-5H,2-3H2,1H3,(H,13,14). The van der Waals surface area contributed by atoms with Gasteiger partial charge in [-0.3, -0.25) is 13.9 Å². The summed E-state index contributed by atoms with van der Waals surface area (Å²) in [6, 6.07) is 0.0578. The number of hydrogen-bond donors (Lipinski definition) is 1. The summed E-state index contributed by atoms with van der Waals surface area (Å²) in [6.45, 7) is 0. The van der Waals surface area contributed by atoms with Crippen LogP contribution in [0.15, 0.2) is 15.8 Å². The highest BCUT2D eigenvalue weighted by atomic mass is 16.4. The van der Waals surface area contributed by atoms with Gasteiger partial charge in [-0.2, -0.15) is 0 Å². The molecule has 0 aromatic carbocycles. The molecule has 1 N–H and O–H groups in total. The van der Waals surface area contributed by atoms with Crippen molar-refractivity contribution in [2.24, 2.45) is 7.05 Å². The van der Waals surface area contributed by atoms with E-state index in [2.05, 4.69) is 0 Å². The van der Waals surface area contributed by atoms with Crippen LogP contribution in [-0.4, -0.2) is 20.2 Å². The Morgan fingerprint density at radius 1 is 1.47 bits per heavy atom. The van der Waals surface area contributed by atoms with Gasteiger partial charge in [0.2, 0.25) is 0 Å². The van der Waals surface area contributed by atoms with Crippen molar-refractivity contribution in [2.45, 2.75) is 18.9 Å². The lowest BCUT2D eigenvalue weighted by Crippen LogP contribution is -2.40. The van der Waals surface area contributed by atoms with Crippen LogP contribution in [-0.2, 0) is 7.05 Å². The number of hydrogen-bond acceptors (Lipinski definition) is 3. The zero-order valence-corrected chi connectivity index (χ0v) is 8.14. The number of carbonyl (C=O) groups is 1. The fourth-order valence-corrected chi connectivity index (χ4v) is 1.45. The summed E-state index contributed by atoms with van der Waals surface area (Å²) in [5, 5.41) is 8.78. The van der Waals surface area contributed by atoms with Crippen LogP contribution in [0.5, 0.6) is 0 Å². The van der Waals surface area contributed by atoms with Crippen molar-refractivity contribution in [3.8, 4) is 0 Å². The molecule has 15 heavy (non-hydrogen) atoms. The summed E-state index contributed by atoms with van der Waals surface area (Å²) in [5.41, 5.74) is -1.57. The summed E-state index contributed by atoms with van der Waals surface area (Å²) < 4.78 is 2.16. The molecule has 1 aromatic heterocycles. The molecule has 1 heterocycles. The first-order chi connectivity index (χ1) is 7.02. The first-order valence-electron chi connectivity index (χ1n) is 4.58. The SMILES string of the molecule is Cn1c(=O)c(C(=O)O)cn(C2CC2)c1=O. The van der Waals surface area contributed by atoms with E-state index >= 15 is 0 Å². The Morgan fingerprint density at radius 2 is 2.07 bits per heavy atom. The highest BCUT2D eigenvalue weighted by Crippen LogP contribution is 2.33. The van der Waals surface area contributed by atoms with Gasteiger partial charge in [0.1, 0.15) is 5.56 Å². The van der Waals surface area contributed by atoms with Crippen molar-refractivity contribution in [1.29, 1.82) is 0 Å². The van der Waals surface area contributed by atoms with Crippen LogP contribution in [0, 0.1) is 0 Å². The molecule has 1 aliphatic rings. The van der Waals surface area contributed by atoms with Crippen molar-refractivity contribution in [1.82, 2.24) is 9.13 Å². The molecular weight excluding hydrogens is 200 g/mol. The van der Waals surface area contributed by atoms with Gasteiger partial charge in [0.05, 0.1) is 0 Å². The van der Waals surface area contributed by atoms with E-state index in [1.54, 1.807) is 0 Å². The molecule has 0 aliphatic heterocycles. The number of carboxylic acids is 1. The lowest BCUT2D eigenvalue weighted by Gasteiger charge is -2.06. The van der Waals surface area contributed by atoms with Crippen LogP contribution in [0.4, 0.5) is 0 Å². The minimum absolute atomic E-state index is 0.0578. The van der Waals surface area contributed by atoms with Gasteiger partial charge in [0.15, 0.2) is 0 Å². The van der Waals surface area contributed by atoms with E-state index in [4.69, 9.17) is 5.11 Å². The molecule has 1 fully saturated rings. The fourth-order valence-electron chi connectivity index (χ4n) is 1.45. The Balaban J connectivity index is 2.73. The quantitative estimate of drug-likeness (QED) is 0.718. The second-order valence-electron chi connectivity index (χ2n) is 3.63. The van der Waals surface area contributed by atoms with Crippen LogP contribution in [0.25, 0.3) is 0 Å². The van der Waals surface area contributed by atoms with E-state index in [1.165, 1.54) is 11.6 Å². The minimum atomic E-state index is -1.30. The molecule has 1 aromatic rings. The molecule has 0 atom stereocenters. The largest absolute Gasteiger partial charge is 0.477 e. The predicted octanol–water partition coefficient (Wildman–Crippen LogP) is -0.420. The molecule has 0 saturated heterocycles. The van der Waals surface area contributed by atoms with Gasteiger partial charge in [0, 0.05) is 19.3 Å². The summed E-state index contributed by atoms with van der Waals surface area (Å²) >= 11 is 0. The zero-order valence-electron chi connectivity index (χ0n) is 8.14. The molecule has 0 unspecified atom stereocenters. The first-order valence-corrected chi connectivity index (χ1v) is 4.58. The molecule has 0 spiro atoms. The van der Waals surface area contributed by atoms with E-state index in [0.717, 1.165) is 23.6 Å². The number of rotatable bonds is 2. The van der Waals surface area contributed by atoms with Crippen LogP contribution in [0.3, 0.4) is 0 Å². The number of aromatic carboxylic acids is 1. The molecule has 0 radical (unpaired) electrons. The maximum Gasteiger partial charge on any atom is 0.342 e. The Bertz CT molecular complexity index is 536. The minimum Gasteiger partial charge on any atom is -0.477 e. The second kappa shape index (κ2) is 3.08. The molecule has 6 heteroatoms. The van der Waals surface area contributed by atoms with Gasteiger partial charge < -0.3 is 5.11 Å². The summed E-state index contributed by atoms with van der Waals surface area (Å²) in [6.07, 6.45) is 2.86. The number of nitrogens with zero attached hydrogens (tertiary/aromatic N) is 2. The average molecular weight is 210 g/mol. The first kappa shape index (κ1) is 9.70. The maximum atomic E-state index is 11.6. The average Bonchev–Trinajstić information content (AvgIpc) is 2.97. The van der Waals surface area contributed by atoms with Crippen LogP contribution >= 0.6 is 0 Å². The van der Waals surface area contributed by atoms with E-state index in [9.17, 15) is 14.4 Å². The van der Waals surface area contributed by atoms with Crippen LogP contribution in [0.2, 0.25) is 0 Å². The molecule has 1 saturated carbocycles. The lowest BCUT2D eigenvalue weighted by molar-refractivity contribution is 0.0693. The highest BCUT2D eigenvalue weighted by Gasteiger charge is 2.27. The molecule has 2 rings (SSSR count). The third-order valence-corrected chi connectivity index (χ3v) is 2.48. The summed E-state index contributed by atoms with van der Waals surface area (Å²) in [5.74, 6) is -1.30. The topological polar surface area (TPSA) is 81.3 Å². The van der Waals surface area contributed by atoms with Crippen molar-refractivity contribution in [2.75, 3.05) is 0 Å². The van der Waals surface area contributed by atoms with Gasteiger partial charge in [-0.15, -0.1) is 0 Å². The van der Waals surface area contributed by atoms with Crippen LogP contribution < -0.4 is 11.2 Å². The molecule has 0 bridgehead atoms. The van der Waals surface area contributed by atoms with Crippen molar-refractivity contribution in [3.63, 3.8) is 0 Å². The third kappa shape index (κ3) is 1.47. The van der Waals surface area contributed by atoms with Gasteiger partial charge in [-0.1, -0.05) is 0 Å². The monoisotopic (exact) mass is 210 g/mol. The lowest BCUT2D eigenvalue weighted by atomic mass is 10.3. The van der Waals surface area contributed by atoms with Crippen molar-refractivity contribution >= 4 is 5.97 Å². The summed E-state index contributed by atoms with van der Waals surface area (Å²) in [7, 11) is 1.29. The van der Waals surface area contributed by atoms with Crippen molar-refractivity contribution in [3.05, 3.63) is 32.6 Å². The van der Waals surface area contributed by atoms with Gasteiger partial charge >= 0.3 is 11.7 Å². The molecule has 1 aliphatic carbocycles. The third-order valence-electron chi connectivity index (χ3n) is 2.48. The Morgan fingerprint density at radius 3 is 2.53 bits per heavy atom. The van der Waals surface area contributed by atoms with Crippen molar-refractivity contribution < 1.29 is 9.90 Å². The van der Waals surface area contributed by atoms with Gasteiger partial charge in [0.25, 0.3) is 5.56 Å².